The third-order valence-electron chi connectivity index (χ3n) is 5.06. The first kappa shape index (κ1) is 20.0. The van der Waals surface area contributed by atoms with Crippen molar-refractivity contribution in [1.29, 1.82) is 0 Å². The van der Waals surface area contributed by atoms with Crippen molar-refractivity contribution in [1.82, 2.24) is 24.7 Å². The molecule has 0 spiro atoms. The van der Waals surface area contributed by atoms with E-state index in [1.165, 1.54) is 10.6 Å². The van der Waals surface area contributed by atoms with Gasteiger partial charge in [0.2, 0.25) is 15.9 Å². The van der Waals surface area contributed by atoms with Crippen LogP contribution < -0.4 is 5.32 Å². The van der Waals surface area contributed by atoms with E-state index < -0.39 is 10.0 Å². The Bertz CT molecular complexity index is 738. The molecule has 0 saturated carbocycles. The average Bonchev–Trinajstić information content (AvgIpc) is 3.06. The molecule has 1 aromatic heterocycles. The van der Waals surface area contributed by atoms with Gasteiger partial charge in [-0.05, 0) is 19.3 Å². The molecule has 2 amide bonds. The van der Waals surface area contributed by atoms with Crippen LogP contribution in [0.3, 0.4) is 0 Å². The monoisotopic (exact) mass is 401 g/mol. The van der Waals surface area contributed by atoms with E-state index in [1.54, 1.807) is 12.0 Å². The number of amides is 2. The molecule has 2 fully saturated rings. The van der Waals surface area contributed by atoms with E-state index in [0.717, 1.165) is 6.42 Å². The Labute approximate surface area is 159 Å². The lowest BCUT2D eigenvalue weighted by molar-refractivity contribution is 0.135. The summed E-state index contributed by atoms with van der Waals surface area (Å²) in [6, 6.07) is -0.0877. The predicted octanol–water partition coefficient (Wildman–Crippen LogP) is 0.354. The fourth-order valence-electron chi connectivity index (χ4n) is 3.35. The first-order chi connectivity index (χ1) is 12.9. The minimum atomic E-state index is -3.14. The van der Waals surface area contributed by atoms with Crippen molar-refractivity contribution in [2.45, 2.75) is 31.1 Å². The molecule has 0 unspecified atom stereocenters. The number of aromatic nitrogens is 2. The minimum Gasteiger partial charge on any atom is -0.385 e. The molecule has 2 saturated heterocycles. The molecule has 2 aliphatic heterocycles. The molecule has 0 bridgehead atoms. The SMILES string of the molecule is COCCCNC(=O)N1CC(c2nc(C3CCN(S(C)(=O)=O)CC3)no2)C1. The highest BCUT2D eigenvalue weighted by molar-refractivity contribution is 7.88. The second-order valence-corrected chi connectivity index (χ2v) is 9.09. The van der Waals surface area contributed by atoms with Gasteiger partial charge in [0.25, 0.3) is 0 Å². The summed E-state index contributed by atoms with van der Waals surface area (Å²) >= 11 is 0. The maximum Gasteiger partial charge on any atom is 0.317 e. The smallest absolute Gasteiger partial charge is 0.317 e. The standard InChI is InChI=1S/C16H27N5O5S/c1-25-9-3-6-17-16(22)20-10-13(11-20)15-18-14(19-26-15)12-4-7-21(8-5-12)27(2,23)24/h12-13H,3-11H2,1-2H3,(H,17,22). The highest BCUT2D eigenvalue weighted by atomic mass is 32.2. The van der Waals surface area contributed by atoms with Gasteiger partial charge in [-0.1, -0.05) is 5.16 Å². The Balaban J connectivity index is 1.44. The molecule has 0 aromatic carbocycles. The van der Waals surface area contributed by atoms with E-state index in [9.17, 15) is 13.2 Å². The predicted molar refractivity (Wildman–Crippen MR) is 96.9 cm³/mol. The van der Waals surface area contributed by atoms with Gasteiger partial charge in [-0.3, -0.25) is 0 Å². The number of carbonyl (C=O) groups is 1. The summed E-state index contributed by atoms with van der Waals surface area (Å²) < 4.78 is 35.0. The molecule has 10 nitrogen and oxygen atoms in total. The number of carbonyl (C=O) groups excluding carboxylic acids is 1. The van der Waals surface area contributed by atoms with Crippen molar-refractivity contribution in [2.75, 3.05) is 52.7 Å². The van der Waals surface area contributed by atoms with Gasteiger partial charge in [0, 0.05) is 52.4 Å². The van der Waals surface area contributed by atoms with E-state index in [0.29, 0.717) is 63.9 Å². The third-order valence-corrected chi connectivity index (χ3v) is 6.37. The number of urea groups is 1. The van der Waals surface area contributed by atoms with Gasteiger partial charge < -0.3 is 19.5 Å². The molecule has 1 aromatic rings. The molecule has 1 N–H and O–H groups in total. The van der Waals surface area contributed by atoms with Crippen LogP contribution >= 0.6 is 0 Å². The summed E-state index contributed by atoms with van der Waals surface area (Å²) in [4.78, 5) is 18.2. The molecular weight excluding hydrogens is 374 g/mol. The molecule has 3 heterocycles. The first-order valence-corrected chi connectivity index (χ1v) is 11.0. The van der Waals surface area contributed by atoms with Gasteiger partial charge >= 0.3 is 6.03 Å². The fourth-order valence-corrected chi connectivity index (χ4v) is 4.22. The number of nitrogens with one attached hydrogen (secondary N) is 1. The molecule has 0 atom stereocenters. The number of likely N-dealkylation sites (tertiary alicyclic amines) is 1. The number of nitrogens with zero attached hydrogens (tertiary/aromatic N) is 4. The van der Waals surface area contributed by atoms with E-state index in [2.05, 4.69) is 15.5 Å². The van der Waals surface area contributed by atoms with Crippen LogP contribution in [0.25, 0.3) is 0 Å². The topological polar surface area (TPSA) is 118 Å². The minimum absolute atomic E-state index is 0.0621. The first-order valence-electron chi connectivity index (χ1n) is 9.19. The van der Waals surface area contributed by atoms with Crippen molar-refractivity contribution in [2.24, 2.45) is 0 Å². The lowest BCUT2D eigenvalue weighted by Crippen LogP contribution is -2.52. The summed E-state index contributed by atoms with van der Waals surface area (Å²) in [7, 11) is -1.51. The molecular formula is C16H27N5O5S. The highest BCUT2D eigenvalue weighted by Gasteiger charge is 2.36. The summed E-state index contributed by atoms with van der Waals surface area (Å²) in [6.07, 6.45) is 3.39. The Kier molecular flexibility index (Phi) is 6.33. The fraction of sp³-hybridized carbons (Fsp3) is 0.812. The largest absolute Gasteiger partial charge is 0.385 e. The van der Waals surface area contributed by atoms with E-state index >= 15 is 0 Å². The summed E-state index contributed by atoms with van der Waals surface area (Å²) in [5, 5.41) is 6.93. The number of hydrogen-bond acceptors (Lipinski definition) is 7. The van der Waals surface area contributed by atoms with Gasteiger partial charge in [-0.15, -0.1) is 0 Å². The maximum absolute atomic E-state index is 12.0. The van der Waals surface area contributed by atoms with Crippen molar-refractivity contribution < 1.29 is 22.5 Å². The van der Waals surface area contributed by atoms with Gasteiger partial charge in [0.15, 0.2) is 5.82 Å². The zero-order valence-corrected chi connectivity index (χ0v) is 16.6. The number of methoxy groups -OCH3 is 1. The van der Waals surface area contributed by atoms with Crippen LogP contribution in [0.1, 0.15) is 42.8 Å². The molecule has 0 radical (unpaired) electrons. The van der Waals surface area contributed by atoms with Gasteiger partial charge in [0.1, 0.15) is 0 Å². The second-order valence-electron chi connectivity index (χ2n) is 7.11. The second kappa shape index (κ2) is 8.53. The molecule has 11 heteroatoms. The number of ether oxygens (including phenoxy) is 1. The van der Waals surface area contributed by atoms with E-state index in [4.69, 9.17) is 9.26 Å². The molecule has 3 rings (SSSR count). The Morgan fingerprint density at radius 2 is 2.00 bits per heavy atom. The van der Waals surface area contributed by atoms with Crippen LogP contribution in [0.5, 0.6) is 0 Å². The van der Waals surface area contributed by atoms with Gasteiger partial charge in [-0.2, -0.15) is 4.98 Å². The van der Waals surface area contributed by atoms with Crippen LogP contribution in [-0.2, 0) is 14.8 Å². The molecule has 152 valence electrons. The Hall–Kier alpha value is -1.72. The van der Waals surface area contributed by atoms with Crippen LogP contribution in [0.2, 0.25) is 0 Å². The number of hydrogen-bond donors (Lipinski definition) is 1. The summed E-state index contributed by atoms with van der Waals surface area (Å²) in [5.74, 6) is 1.37. The van der Waals surface area contributed by atoms with Crippen LogP contribution in [-0.4, -0.2) is 86.5 Å². The molecule has 2 aliphatic rings. The van der Waals surface area contributed by atoms with Crippen LogP contribution in [0.4, 0.5) is 4.79 Å². The highest BCUT2D eigenvalue weighted by Crippen LogP contribution is 2.30. The zero-order valence-electron chi connectivity index (χ0n) is 15.8. The van der Waals surface area contributed by atoms with Crippen LogP contribution in [0, 0.1) is 0 Å². The summed E-state index contributed by atoms with van der Waals surface area (Å²) in [6.45, 7) is 3.29. The van der Waals surface area contributed by atoms with E-state index in [1.807, 2.05) is 0 Å². The van der Waals surface area contributed by atoms with Gasteiger partial charge in [0.05, 0.1) is 12.2 Å². The normalized spacial score (nSPS) is 19.9. The average molecular weight is 401 g/mol. The lowest BCUT2D eigenvalue weighted by atomic mass is 9.97. The lowest BCUT2D eigenvalue weighted by Gasteiger charge is -2.36. The zero-order chi connectivity index (χ0) is 19.4. The quantitative estimate of drug-likeness (QED) is 0.655. The van der Waals surface area contributed by atoms with Gasteiger partial charge in [-0.25, -0.2) is 17.5 Å². The van der Waals surface area contributed by atoms with Crippen molar-refractivity contribution in [3.8, 4) is 0 Å². The number of piperidine rings is 1. The Morgan fingerprint density at radius 3 is 2.63 bits per heavy atom. The molecule has 0 aliphatic carbocycles. The molecule has 27 heavy (non-hydrogen) atoms. The third kappa shape index (κ3) is 4.96. The number of rotatable bonds is 7. The Morgan fingerprint density at radius 1 is 1.30 bits per heavy atom. The van der Waals surface area contributed by atoms with Crippen molar-refractivity contribution >= 4 is 16.1 Å². The van der Waals surface area contributed by atoms with Crippen molar-refractivity contribution in [3.63, 3.8) is 0 Å². The van der Waals surface area contributed by atoms with Crippen LogP contribution in [0.15, 0.2) is 4.52 Å². The maximum atomic E-state index is 12.0. The summed E-state index contributed by atoms with van der Waals surface area (Å²) in [5.41, 5.74) is 0. The van der Waals surface area contributed by atoms with Crippen molar-refractivity contribution in [3.05, 3.63) is 11.7 Å². The number of sulfonamides is 1. The van der Waals surface area contributed by atoms with E-state index in [-0.39, 0.29) is 17.9 Å².